The van der Waals surface area contributed by atoms with Crippen LogP contribution in [0, 0.1) is 0 Å². The van der Waals surface area contributed by atoms with Crippen molar-refractivity contribution in [3.8, 4) is 16.9 Å². The van der Waals surface area contributed by atoms with Crippen LogP contribution in [0.5, 0.6) is 5.75 Å². The van der Waals surface area contributed by atoms with Crippen LogP contribution in [-0.2, 0) is 6.61 Å². The third-order valence-corrected chi connectivity index (χ3v) is 5.43. The number of rotatable bonds is 5. The number of para-hydroxylation sites is 1. The summed E-state index contributed by atoms with van der Waals surface area (Å²) in [5.74, 6) is 0.751. The lowest BCUT2D eigenvalue weighted by molar-refractivity contribution is 0.0738. The lowest BCUT2D eigenvalue weighted by Gasteiger charge is -2.29. The van der Waals surface area contributed by atoms with E-state index in [1.165, 1.54) is 0 Å². The van der Waals surface area contributed by atoms with Crippen molar-refractivity contribution >= 4 is 0 Å². The third-order valence-electron chi connectivity index (χ3n) is 5.43. The molecule has 4 heteroatoms. The molecule has 0 amide bonds. The molecule has 0 unspecified atom stereocenters. The number of pyridine rings is 1. The second kappa shape index (κ2) is 8.44. The molecule has 0 bridgehead atoms. The van der Waals surface area contributed by atoms with Gasteiger partial charge < -0.3 is 14.4 Å². The predicted molar refractivity (Wildman–Crippen MR) is 110 cm³/mol. The monoisotopic (exact) mass is 375 g/mol. The molecule has 1 fully saturated rings. The number of aliphatic hydroxyl groups is 1. The second-order valence-corrected chi connectivity index (χ2v) is 7.35. The van der Waals surface area contributed by atoms with Crippen LogP contribution in [0.2, 0.25) is 0 Å². The van der Waals surface area contributed by atoms with Crippen molar-refractivity contribution in [3.63, 3.8) is 0 Å². The summed E-state index contributed by atoms with van der Waals surface area (Å²) in [5.41, 5.74) is 2.74. The smallest absolute Gasteiger partial charge is 0.251 e. The minimum absolute atomic E-state index is 0.0821. The highest BCUT2D eigenvalue weighted by molar-refractivity contribution is 5.69. The third kappa shape index (κ3) is 4.02. The molecule has 0 aliphatic heterocycles. The maximum absolute atomic E-state index is 12.8. The minimum atomic E-state index is -0.446. The normalized spacial score (nSPS) is 19.3. The summed E-state index contributed by atoms with van der Waals surface area (Å²) < 4.78 is 7.71. The first-order chi connectivity index (χ1) is 13.7. The molecule has 4 rings (SSSR count). The molecule has 144 valence electrons. The number of aromatic nitrogens is 1. The summed E-state index contributed by atoms with van der Waals surface area (Å²) in [6.07, 6.45) is 5.04. The Morgan fingerprint density at radius 1 is 0.964 bits per heavy atom. The molecular weight excluding hydrogens is 350 g/mol. The van der Waals surface area contributed by atoms with Gasteiger partial charge in [-0.1, -0.05) is 61.4 Å². The maximum Gasteiger partial charge on any atom is 0.251 e. The zero-order valence-corrected chi connectivity index (χ0v) is 15.8. The second-order valence-electron chi connectivity index (χ2n) is 7.35. The van der Waals surface area contributed by atoms with Gasteiger partial charge in [0.15, 0.2) is 0 Å². The van der Waals surface area contributed by atoms with Gasteiger partial charge in [-0.05, 0) is 36.1 Å². The summed E-state index contributed by atoms with van der Waals surface area (Å²) in [4.78, 5) is 12.8. The Morgan fingerprint density at radius 2 is 1.71 bits per heavy atom. The van der Waals surface area contributed by atoms with E-state index in [9.17, 15) is 9.90 Å². The van der Waals surface area contributed by atoms with Crippen LogP contribution in [0.25, 0.3) is 11.1 Å². The number of hydrogen-bond acceptors (Lipinski definition) is 3. The zero-order valence-electron chi connectivity index (χ0n) is 15.8. The summed E-state index contributed by atoms with van der Waals surface area (Å²) in [6, 6.07) is 21.2. The average molecular weight is 375 g/mol. The highest BCUT2D eigenvalue weighted by Gasteiger charge is 2.25. The highest BCUT2D eigenvalue weighted by Crippen LogP contribution is 2.31. The van der Waals surface area contributed by atoms with Crippen LogP contribution >= 0.6 is 0 Å². The van der Waals surface area contributed by atoms with Gasteiger partial charge in [-0.2, -0.15) is 0 Å². The van der Waals surface area contributed by atoms with E-state index in [1.54, 1.807) is 10.6 Å². The van der Waals surface area contributed by atoms with Crippen LogP contribution in [0.15, 0.2) is 77.7 Å². The fourth-order valence-corrected chi connectivity index (χ4v) is 3.91. The molecular formula is C24H25NO3. The van der Waals surface area contributed by atoms with E-state index in [0.29, 0.717) is 6.61 Å². The Balaban J connectivity index is 1.59. The van der Waals surface area contributed by atoms with E-state index in [0.717, 1.165) is 48.1 Å². The highest BCUT2D eigenvalue weighted by atomic mass is 16.5. The SMILES string of the molecule is O=c1cc(-c2ccccc2OCc2ccccc2)ccn1[C@H]1CCCC[C@@H]1O. The van der Waals surface area contributed by atoms with Gasteiger partial charge in [-0.15, -0.1) is 0 Å². The summed E-state index contributed by atoms with van der Waals surface area (Å²) >= 11 is 0. The van der Waals surface area contributed by atoms with E-state index < -0.39 is 6.10 Å². The lowest BCUT2D eigenvalue weighted by Crippen LogP contribution is -2.34. The Labute approximate surface area is 165 Å². The van der Waals surface area contributed by atoms with Gasteiger partial charge in [0.1, 0.15) is 12.4 Å². The summed E-state index contributed by atoms with van der Waals surface area (Å²) in [7, 11) is 0. The fourth-order valence-electron chi connectivity index (χ4n) is 3.91. The molecule has 1 heterocycles. The van der Waals surface area contributed by atoms with Crippen LogP contribution in [0.4, 0.5) is 0 Å². The molecule has 3 aromatic rings. The van der Waals surface area contributed by atoms with Gasteiger partial charge in [0.05, 0.1) is 12.1 Å². The largest absolute Gasteiger partial charge is 0.488 e. The first kappa shape index (κ1) is 18.5. The molecule has 0 saturated heterocycles. The Kier molecular flexibility index (Phi) is 5.58. The molecule has 28 heavy (non-hydrogen) atoms. The van der Waals surface area contributed by atoms with Crippen molar-refractivity contribution in [3.05, 3.63) is 88.8 Å². The number of aliphatic hydroxyl groups excluding tert-OH is 1. The van der Waals surface area contributed by atoms with Crippen LogP contribution in [-0.4, -0.2) is 15.8 Å². The fraction of sp³-hybridized carbons (Fsp3) is 0.292. The molecule has 0 spiro atoms. The quantitative estimate of drug-likeness (QED) is 0.711. The zero-order chi connectivity index (χ0) is 19.3. The molecule has 0 radical (unpaired) electrons. The molecule has 1 aliphatic rings. The number of hydrogen-bond donors (Lipinski definition) is 1. The van der Waals surface area contributed by atoms with E-state index in [-0.39, 0.29) is 11.6 Å². The van der Waals surface area contributed by atoms with Crippen molar-refractivity contribution in [2.45, 2.75) is 44.4 Å². The number of nitrogens with zero attached hydrogens (tertiary/aromatic N) is 1. The molecule has 1 N–H and O–H groups in total. The summed E-state index contributed by atoms with van der Waals surface area (Å²) in [6.45, 7) is 0.475. The first-order valence-corrected chi connectivity index (χ1v) is 9.89. The molecule has 2 aromatic carbocycles. The van der Waals surface area contributed by atoms with E-state index in [2.05, 4.69) is 0 Å². The van der Waals surface area contributed by atoms with Gasteiger partial charge in [0.25, 0.3) is 5.56 Å². The Bertz CT molecular complexity index is 980. The van der Waals surface area contributed by atoms with Gasteiger partial charge in [-0.3, -0.25) is 4.79 Å². The van der Waals surface area contributed by atoms with Gasteiger partial charge in [0.2, 0.25) is 0 Å². The van der Waals surface area contributed by atoms with Crippen LogP contribution in [0.1, 0.15) is 37.3 Å². The van der Waals surface area contributed by atoms with Crippen molar-refractivity contribution in [1.82, 2.24) is 4.57 Å². The molecule has 2 atom stereocenters. The van der Waals surface area contributed by atoms with Gasteiger partial charge in [0, 0.05) is 17.8 Å². The Hall–Kier alpha value is -2.85. The first-order valence-electron chi connectivity index (χ1n) is 9.89. The molecule has 1 saturated carbocycles. The van der Waals surface area contributed by atoms with E-state index >= 15 is 0 Å². The number of ether oxygens (including phenoxy) is 1. The van der Waals surface area contributed by atoms with Crippen molar-refractivity contribution in [2.24, 2.45) is 0 Å². The lowest BCUT2D eigenvalue weighted by atomic mass is 9.92. The van der Waals surface area contributed by atoms with Crippen LogP contribution < -0.4 is 10.3 Å². The average Bonchev–Trinajstić information content (AvgIpc) is 2.74. The van der Waals surface area contributed by atoms with E-state index in [1.807, 2.05) is 66.9 Å². The maximum atomic E-state index is 12.8. The van der Waals surface area contributed by atoms with Crippen molar-refractivity contribution in [1.29, 1.82) is 0 Å². The van der Waals surface area contributed by atoms with Gasteiger partial charge >= 0.3 is 0 Å². The van der Waals surface area contributed by atoms with Crippen molar-refractivity contribution < 1.29 is 9.84 Å². The minimum Gasteiger partial charge on any atom is -0.488 e. The number of benzene rings is 2. The molecule has 1 aliphatic carbocycles. The molecule has 1 aromatic heterocycles. The van der Waals surface area contributed by atoms with E-state index in [4.69, 9.17) is 4.74 Å². The van der Waals surface area contributed by atoms with Crippen molar-refractivity contribution in [2.75, 3.05) is 0 Å². The van der Waals surface area contributed by atoms with Gasteiger partial charge in [-0.25, -0.2) is 0 Å². The standard InChI is InChI=1S/C24H25NO3/c26-22-12-6-5-11-21(22)25-15-14-19(16-24(25)27)20-10-4-7-13-23(20)28-17-18-8-2-1-3-9-18/h1-4,7-10,13-16,21-22,26H,5-6,11-12,17H2/t21-,22-/m0/s1. The predicted octanol–water partition coefficient (Wildman–Crippen LogP) is 4.57. The Morgan fingerprint density at radius 3 is 2.50 bits per heavy atom. The molecule has 4 nitrogen and oxygen atoms in total. The topological polar surface area (TPSA) is 51.5 Å². The summed E-state index contributed by atoms with van der Waals surface area (Å²) in [5, 5.41) is 10.3. The van der Waals surface area contributed by atoms with Crippen LogP contribution in [0.3, 0.4) is 0 Å².